The molecule has 28 heavy (non-hydrogen) atoms. The molecule has 1 aliphatic heterocycles. The Morgan fingerprint density at radius 1 is 1.18 bits per heavy atom. The van der Waals surface area contributed by atoms with Crippen LogP contribution in [0.3, 0.4) is 0 Å². The Hall–Kier alpha value is -2.51. The van der Waals surface area contributed by atoms with Crippen LogP contribution in [0.2, 0.25) is 5.02 Å². The van der Waals surface area contributed by atoms with Crippen LogP contribution >= 0.6 is 22.9 Å². The summed E-state index contributed by atoms with van der Waals surface area (Å²) < 4.78 is 0. The fourth-order valence-corrected chi connectivity index (χ4v) is 5.51. The summed E-state index contributed by atoms with van der Waals surface area (Å²) in [5.41, 5.74) is 1.44. The van der Waals surface area contributed by atoms with Crippen LogP contribution < -0.4 is 5.32 Å². The van der Waals surface area contributed by atoms with Crippen LogP contribution in [0, 0.1) is 23.7 Å². The third kappa shape index (κ3) is 2.69. The number of allylic oxidation sites excluding steroid dienone is 2. The number of rotatable bonds is 4. The van der Waals surface area contributed by atoms with Crippen LogP contribution in [0.1, 0.15) is 6.42 Å². The molecular weight excluding hydrogens is 398 g/mol. The number of carbonyl (C=O) groups excluding carboxylic acids is 3. The molecule has 0 spiro atoms. The lowest BCUT2D eigenvalue weighted by Crippen LogP contribution is -2.39. The summed E-state index contributed by atoms with van der Waals surface area (Å²) in [4.78, 5) is 43.3. The summed E-state index contributed by atoms with van der Waals surface area (Å²) in [7, 11) is 0. The number of thiazole rings is 1. The number of halogens is 1. The minimum atomic E-state index is -0.429. The van der Waals surface area contributed by atoms with Crippen LogP contribution in [0.4, 0.5) is 5.13 Å². The molecule has 2 aliphatic carbocycles. The zero-order valence-electron chi connectivity index (χ0n) is 14.7. The fraction of sp³-hybridized carbons (Fsp3) is 0.300. The van der Waals surface area contributed by atoms with Crippen molar-refractivity contribution in [2.45, 2.75) is 6.42 Å². The predicted molar refractivity (Wildman–Crippen MR) is 106 cm³/mol. The SMILES string of the molecule is O=C(CN1C(=O)[C@@H]2[C@H](C1=O)[C@@H]1C=C[C@@H]2C1)Nc1nc(-c2ccccc2Cl)cs1. The van der Waals surface area contributed by atoms with E-state index < -0.39 is 5.91 Å². The molecule has 3 aliphatic rings. The molecule has 6 nitrogen and oxygen atoms in total. The molecule has 1 saturated heterocycles. The van der Waals surface area contributed by atoms with Gasteiger partial charge < -0.3 is 5.32 Å². The lowest BCUT2D eigenvalue weighted by Gasteiger charge is -2.16. The monoisotopic (exact) mass is 413 g/mol. The van der Waals surface area contributed by atoms with Gasteiger partial charge in [0.2, 0.25) is 17.7 Å². The number of hydrogen-bond donors (Lipinski definition) is 1. The average molecular weight is 414 g/mol. The first-order valence-corrected chi connectivity index (χ1v) is 10.3. The number of benzene rings is 1. The van der Waals surface area contributed by atoms with E-state index in [4.69, 9.17) is 11.6 Å². The zero-order chi connectivity index (χ0) is 19.4. The van der Waals surface area contributed by atoms with Gasteiger partial charge >= 0.3 is 0 Å². The molecule has 3 amide bonds. The number of nitrogens with zero attached hydrogens (tertiary/aromatic N) is 2. The topological polar surface area (TPSA) is 79.4 Å². The van der Waals surface area contributed by atoms with Gasteiger partial charge in [-0.3, -0.25) is 19.3 Å². The molecule has 0 unspecified atom stereocenters. The molecular formula is C20H16ClN3O3S. The summed E-state index contributed by atoms with van der Waals surface area (Å²) in [5, 5.41) is 5.47. The van der Waals surface area contributed by atoms with Crippen molar-refractivity contribution in [2.75, 3.05) is 11.9 Å². The van der Waals surface area contributed by atoms with E-state index in [-0.39, 0.29) is 42.0 Å². The lowest BCUT2D eigenvalue weighted by molar-refractivity contribution is -0.143. The first kappa shape index (κ1) is 17.6. The van der Waals surface area contributed by atoms with Crippen LogP contribution in [0.5, 0.6) is 0 Å². The van der Waals surface area contributed by atoms with E-state index >= 15 is 0 Å². The van der Waals surface area contributed by atoms with Crippen molar-refractivity contribution >= 4 is 45.8 Å². The number of fused-ring (bicyclic) bond motifs is 5. The summed E-state index contributed by atoms with van der Waals surface area (Å²) in [6, 6.07) is 7.33. The van der Waals surface area contributed by atoms with Crippen molar-refractivity contribution in [1.29, 1.82) is 0 Å². The summed E-state index contributed by atoms with van der Waals surface area (Å²) in [6.45, 7) is -0.273. The lowest BCUT2D eigenvalue weighted by atomic mass is 9.85. The second-order valence-electron chi connectivity index (χ2n) is 7.33. The minimum Gasteiger partial charge on any atom is -0.300 e. The molecule has 2 fully saturated rings. The van der Waals surface area contributed by atoms with Gasteiger partial charge in [0.1, 0.15) is 6.54 Å². The van der Waals surface area contributed by atoms with E-state index in [1.165, 1.54) is 11.3 Å². The van der Waals surface area contributed by atoms with Gasteiger partial charge in [0.05, 0.1) is 17.5 Å². The van der Waals surface area contributed by atoms with Crippen molar-refractivity contribution in [3.63, 3.8) is 0 Å². The molecule has 142 valence electrons. The number of aromatic nitrogens is 1. The third-order valence-corrected chi connectivity index (χ3v) is 6.85. The van der Waals surface area contributed by atoms with E-state index in [0.717, 1.165) is 16.9 Å². The van der Waals surface area contributed by atoms with E-state index in [1.807, 2.05) is 30.4 Å². The number of amides is 3. The van der Waals surface area contributed by atoms with Gasteiger partial charge in [0.15, 0.2) is 5.13 Å². The fourth-order valence-electron chi connectivity index (χ4n) is 4.55. The molecule has 2 aromatic rings. The highest BCUT2D eigenvalue weighted by Gasteiger charge is 2.59. The Morgan fingerprint density at radius 3 is 2.54 bits per heavy atom. The normalized spacial score (nSPS) is 27.5. The third-order valence-electron chi connectivity index (χ3n) is 5.76. The molecule has 1 aromatic heterocycles. The number of anilines is 1. The Labute approximate surface area is 170 Å². The number of likely N-dealkylation sites (tertiary alicyclic amines) is 1. The number of imide groups is 1. The average Bonchev–Trinajstić information content (AvgIpc) is 3.44. The second kappa shape index (κ2) is 6.53. The van der Waals surface area contributed by atoms with Gasteiger partial charge in [0.25, 0.3) is 0 Å². The molecule has 2 bridgehead atoms. The van der Waals surface area contributed by atoms with Gasteiger partial charge in [-0.2, -0.15) is 0 Å². The quantitative estimate of drug-likeness (QED) is 0.616. The van der Waals surface area contributed by atoms with Gasteiger partial charge in [-0.1, -0.05) is 42.0 Å². The molecule has 8 heteroatoms. The van der Waals surface area contributed by atoms with Gasteiger partial charge in [-0.25, -0.2) is 4.98 Å². The van der Waals surface area contributed by atoms with Crippen molar-refractivity contribution in [1.82, 2.24) is 9.88 Å². The standard InChI is InChI=1S/C20H16ClN3O3S/c21-13-4-2-1-3-12(13)14-9-28-20(22-14)23-15(25)8-24-18(26)16-10-5-6-11(7-10)17(16)19(24)27/h1-6,9-11,16-17H,7-8H2,(H,22,23,25)/t10-,11-,16-,17+/m1/s1. The number of nitrogens with one attached hydrogen (secondary N) is 1. The van der Waals surface area contributed by atoms with Crippen LogP contribution in [0.15, 0.2) is 41.8 Å². The Kier molecular flexibility index (Phi) is 4.10. The predicted octanol–water partition coefficient (Wildman–Crippen LogP) is 3.21. The molecule has 0 radical (unpaired) electrons. The Morgan fingerprint density at radius 2 is 1.86 bits per heavy atom. The zero-order valence-corrected chi connectivity index (χ0v) is 16.2. The molecule has 4 atom stereocenters. The highest BCUT2D eigenvalue weighted by atomic mass is 35.5. The van der Waals surface area contributed by atoms with Crippen molar-refractivity contribution in [2.24, 2.45) is 23.7 Å². The van der Waals surface area contributed by atoms with Crippen LogP contribution in [0.25, 0.3) is 11.3 Å². The highest BCUT2D eigenvalue weighted by Crippen LogP contribution is 2.52. The summed E-state index contributed by atoms with van der Waals surface area (Å²) >= 11 is 7.45. The first-order valence-electron chi connectivity index (χ1n) is 9.07. The minimum absolute atomic E-state index is 0.136. The smallest absolute Gasteiger partial charge is 0.246 e. The Bertz CT molecular complexity index is 1000. The van der Waals surface area contributed by atoms with E-state index in [0.29, 0.717) is 15.8 Å². The maximum atomic E-state index is 12.7. The van der Waals surface area contributed by atoms with Crippen LogP contribution in [-0.2, 0) is 14.4 Å². The molecule has 1 saturated carbocycles. The largest absolute Gasteiger partial charge is 0.300 e. The highest BCUT2D eigenvalue weighted by molar-refractivity contribution is 7.14. The van der Waals surface area contributed by atoms with Gasteiger partial charge in [-0.15, -0.1) is 11.3 Å². The molecule has 2 heterocycles. The summed E-state index contributed by atoms with van der Waals surface area (Å²) in [5.74, 6) is -1.19. The molecule has 1 N–H and O–H groups in total. The van der Waals surface area contributed by atoms with E-state index in [2.05, 4.69) is 10.3 Å². The van der Waals surface area contributed by atoms with E-state index in [1.54, 1.807) is 11.4 Å². The molecule has 1 aromatic carbocycles. The summed E-state index contributed by atoms with van der Waals surface area (Å²) in [6.07, 6.45) is 4.94. The van der Waals surface area contributed by atoms with Gasteiger partial charge in [-0.05, 0) is 24.3 Å². The maximum Gasteiger partial charge on any atom is 0.246 e. The van der Waals surface area contributed by atoms with Gasteiger partial charge in [0, 0.05) is 16.0 Å². The van der Waals surface area contributed by atoms with Crippen LogP contribution in [-0.4, -0.2) is 34.2 Å². The number of hydrogen-bond acceptors (Lipinski definition) is 5. The Balaban J connectivity index is 1.27. The van der Waals surface area contributed by atoms with E-state index in [9.17, 15) is 14.4 Å². The van der Waals surface area contributed by atoms with Crippen molar-refractivity contribution in [3.05, 3.63) is 46.8 Å². The number of carbonyl (C=O) groups is 3. The molecule has 5 rings (SSSR count). The maximum absolute atomic E-state index is 12.7. The van der Waals surface area contributed by atoms with Crippen molar-refractivity contribution < 1.29 is 14.4 Å². The second-order valence-corrected chi connectivity index (χ2v) is 8.59. The first-order chi connectivity index (χ1) is 13.5. The van der Waals surface area contributed by atoms with Crippen molar-refractivity contribution in [3.8, 4) is 11.3 Å².